The van der Waals surface area contributed by atoms with Crippen LogP contribution in [0, 0.1) is 0 Å². The van der Waals surface area contributed by atoms with Gasteiger partial charge in [0.2, 0.25) is 0 Å². The first-order valence-electron chi connectivity index (χ1n) is 18.0. The molecule has 0 aliphatic heterocycles. The molecule has 0 aromatic carbocycles. The van der Waals surface area contributed by atoms with E-state index in [0.29, 0.717) is 15.8 Å². The third-order valence-corrected chi connectivity index (χ3v) is 20.3. The van der Waals surface area contributed by atoms with Crippen molar-refractivity contribution in [2.24, 2.45) is 0 Å². The summed E-state index contributed by atoms with van der Waals surface area (Å²) in [5.74, 6) is 0. The van der Waals surface area contributed by atoms with Crippen LogP contribution in [0.4, 0.5) is 26.3 Å². The average molecular weight is 881 g/mol. The van der Waals surface area contributed by atoms with Crippen LogP contribution in [0.1, 0.15) is 154 Å². The van der Waals surface area contributed by atoms with Gasteiger partial charge >= 0.3 is 31.4 Å². The molecule has 0 aromatic heterocycles. The fourth-order valence-corrected chi connectivity index (χ4v) is 18.3. The third kappa shape index (κ3) is 14.9. The predicted molar refractivity (Wildman–Crippen MR) is 179 cm³/mol. The quantitative estimate of drug-likeness (QED) is 0.0863. The maximum atomic E-state index is 10.7. The number of alkyl halides is 6. The van der Waals surface area contributed by atoms with Gasteiger partial charge in [-0.25, -0.2) is 16.8 Å². The van der Waals surface area contributed by atoms with Crippen LogP contribution in [-0.4, -0.2) is 70.9 Å². The van der Waals surface area contributed by atoms with Gasteiger partial charge in [0.1, 0.15) is 0 Å². The summed E-state index contributed by atoms with van der Waals surface area (Å²) in [5.41, 5.74) is -4.04. The molecule has 0 spiro atoms. The first kappa shape index (κ1) is 46.1. The molecule has 6 nitrogen and oxygen atoms in total. The first-order chi connectivity index (χ1) is 22.4. The van der Waals surface area contributed by atoms with E-state index in [0.717, 1.165) is 0 Å². The van der Waals surface area contributed by atoms with E-state index in [4.69, 9.17) is 25.9 Å². The van der Waals surface area contributed by atoms with Crippen LogP contribution in [0.25, 0.3) is 0 Å². The van der Waals surface area contributed by atoms with Crippen LogP contribution < -0.4 is 0 Å². The van der Waals surface area contributed by atoms with E-state index in [9.17, 15) is 26.3 Å². The van der Waals surface area contributed by atoms with Gasteiger partial charge in [-0.1, -0.05) is 92.9 Å². The van der Waals surface area contributed by atoms with E-state index in [1.54, 1.807) is 154 Å². The molecule has 0 saturated heterocycles. The minimum atomic E-state index is -6.09. The SMILES string of the molecule is C1CCC(P(C2CCCC2)C2CCCC2)C1.C1CCC(P(C2CCCC2)C2CCCC2)C1.O=S(=O)([O-])C(F)(F)F.O=S(=O)([O-])C(F)(F)F.[Pd+2]. The summed E-state index contributed by atoms with van der Waals surface area (Å²) in [6.07, 6.45) is 38.0. The Morgan fingerprint density at radius 3 is 0.551 bits per heavy atom. The van der Waals surface area contributed by atoms with Crippen molar-refractivity contribution in [1.29, 1.82) is 0 Å². The van der Waals surface area contributed by atoms with E-state index in [2.05, 4.69) is 0 Å². The molecule has 0 N–H and O–H groups in total. The molecule has 0 bridgehead atoms. The van der Waals surface area contributed by atoms with Gasteiger partial charge in [-0.3, -0.25) is 0 Å². The van der Waals surface area contributed by atoms with Gasteiger partial charge in [-0.2, -0.15) is 26.3 Å². The fraction of sp³-hybridized carbons (Fsp3) is 1.00. The number of halogens is 6. The second kappa shape index (κ2) is 21.1. The largest absolute Gasteiger partial charge is 2.00 e. The summed E-state index contributed by atoms with van der Waals surface area (Å²) in [6.45, 7) is 0. The van der Waals surface area contributed by atoms with Crippen LogP contribution >= 0.6 is 15.8 Å². The molecule has 6 fully saturated rings. The van der Waals surface area contributed by atoms with Crippen molar-refractivity contribution in [3.8, 4) is 0 Å². The van der Waals surface area contributed by atoms with E-state index in [-0.39, 0.29) is 20.4 Å². The molecule has 292 valence electrons. The van der Waals surface area contributed by atoms with E-state index in [1.807, 2.05) is 0 Å². The van der Waals surface area contributed by atoms with Crippen LogP contribution in [0.2, 0.25) is 0 Å². The Labute approximate surface area is 306 Å². The monoisotopic (exact) mass is 880 g/mol. The molecule has 0 atom stereocenters. The maximum Gasteiger partial charge on any atom is 2.00 e. The number of rotatable bonds is 6. The third-order valence-electron chi connectivity index (χ3n) is 11.0. The van der Waals surface area contributed by atoms with Gasteiger partial charge in [0, 0.05) is 0 Å². The molecule has 6 aliphatic carbocycles. The van der Waals surface area contributed by atoms with E-state index in [1.165, 1.54) is 34.0 Å². The van der Waals surface area contributed by atoms with Gasteiger partial charge in [-0.05, 0) is 111 Å². The van der Waals surface area contributed by atoms with Crippen molar-refractivity contribution in [3.05, 3.63) is 0 Å². The smallest absolute Gasteiger partial charge is 0.741 e. The van der Waals surface area contributed by atoms with Crippen LogP contribution in [0.5, 0.6) is 0 Å². The molecule has 6 saturated carbocycles. The van der Waals surface area contributed by atoms with Gasteiger partial charge in [-0.15, -0.1) is 0 Å². The van der Waals surface area contributed by atoms with E-state index < -0.39 is 31.3 Å². The van der Waals surface area contributed by atoms with Gasteiger partial charge < -0.3 is 9.11 Å². The zero-order chi connectivity index (χ0) is 35.6. The van der Waals surface area contributed by atoms with Crippen LogP contribution in [0.15, 0.2) is 0 Å². The Bertz CT molecular complexity index is 976. The van der Waals surface area contributed by atoms with Crippen LogP contribution in [-0.2, 0) is 40.7 Å². The molecule has 17 heteroatoms. The maximum absolute atomic E-state index is 10.7. The van der Waals surface area contributed by atoms with Crippen LogP contribution in [0.3, 0.4) is 0 Å². The summed E-state index contributed by atoms with van der Waals surface area (Å²) in [6, 6.07) is 0. The Morgan fingerprint density at radius 2 is 0.469 bits per heavy atom. The molecule has 0 aromatic rings. The molecule has 0 amide bonds. The normalized spacial score (nSPS) is 24.0. The Morgan fingerprint density at radius 1 is 0.367 bits per heavy atom. The zero-order valence-corrected chi connectivity index (χ0v) is 33.2. The van der Waals surface area contributed by atoms with E-state index >= 15 is 0 Å². The Hall–Kier alpha value is 0.922. The fourth-order valence-electron chi connectivity index (χ4n) is 9.00. The molecular formula is C32H54F6O6P2PdS2. The van der Waals surface area contributed by atoms with Gasteiger partial charge in [0.15, 0.2) is 20.2 Å². The summed E-state index contributed by atoms with van der Waals surface area (Å²) in [5, 5.41) is 0. The zero-order valence-electron chi connectivity index (χ0n) is 28.2. The summed E-state index contributed by atoms with van der Waals surface area (Å²) < 4.78 is 118. The summed E-state index contributed by atoms with van der Waals surface area (Å²) in [7, 11) is -11.3. The molecule has 49 heavy (non-hydrogen) atoms. The molecule has 0 radical (unpaired) electrons. The van der Waals surface area contributed by atoms with Gasteiger partial charge in [0.25, 0.3) is 0 Å². The molecule has 0 unspecified atom stereocenters. The summed E-state index contributed by atoms with van der Waals surface area (Å²) in [4.78, 5) is 0. The van der Waals surface area contributed by atoms with Crippen molar-refractivity contribution in [2.45, 2.75) is 199 Å². The second-order valence-electron chi connectivity index (χ2n) is 14.3. The van der Waals surface area contributed by atoms with Gasteiger partial charge in [0.05, 0.1) is 0 Å². The minimum Gasteiger partial charge on any atom is -0.741 e. The molecule has 0 heterocycles. The standard InChI is InChI=1S/2C15H27P.2CHF3O3S.Pd/c2*1-2-8-13(7-1)16(14-9-3-4-10-14)15-11-5-6-12-15;2*2-1(3,4)8(5,6)7;/h2*13-15H,1-12H2;2*(H,5,6,7);/q;;;;+2/p-2. The van der Waals surface area contributed by atoms with Crippen molar-refractivity contribution < 1.29 is 72.7 Å². The average Bonchev–Trinajstić information content (AvgIpc) is 3.84. The topological polar surface area (TPSA) is 114 Å². The van der Waals surface area contributed by atoms with Crippen molar-refractivity contribution in [2.75, 3.05) is 0 Å². The van der Waals surface area contributed by atoms with Crippen molar-refractivity contribution in [1.82, 2.24) is 0 Å². The predicted octanol–water partition coefficient (Wildman–Crippen LogP) is 10.7. The van der Waals surface area contributed by atoms with Crippen molar-refractivity contribution >= 4 is 36.1 Å². The first-order valence-corrected chi connectivity index (χ1v) is 23.9. The summed E-state index contributed by atoms with van der Waals surface area (Å²) >= 11 is 0. The second-order valence-corrected chi connectivity index (χ2v) is 23.2. The Balaban J connectivity index is 0.000000239. The molecular weight excluding hydrogens is 827 g/mol. The molecule has 6 aliphatic rings. The number of hydrogen-bond acceptors (Lipinski definition) is 6. The number of hydrogen-bond donors (Lipinski definition) is 0. The molecule has 6 rings (SSSR count). The van der Waals surface area contributed by atoms with Crippen molar-refractivity contribution in [3.63, 3.8) is 0 Å². The Kier molecular flexibility index (Phi) is 19.9. The minimum absolute atomic E-state index is 0.